The number of piperidine rings is 1. The van der Waals surface area contributed by atoms with E-state index in [0.717, 1.165) is 31.9 Å². The molecule has 3 amide bonds. The molecule has 2 fully saturated rings. The number of fused-ring (bicyclic) bond motifs is 1. The zero-order chi connectivity index (χ0) is 38.9. The van der Waals surface area contributed by atoms with Crippen molar-refractivity contribution < 1.29 is 28.7 Å². The predicted molar refractivity (Wildman–Crippen MR) is 212 cm³/mol. The van der Waals surface area contributed by atoms with Gasteiger partial charge in [0.05, 0.1) is 40.9 Å². The molecule has 288 valence electrons. The van der Waals surface area contributed by atoms with E-state index in [0.29, 0.717) is 35.4 Å². The number of anilines is 4. The Balaban J connectivity index is 1.45. The molecule has 0 radical (unpaired) electrons. The van der Waals surface area contributed by atoms with Crippen LogP contribution < -0.4 is 25.8 Å². The molecule has 15 heteroatoms. The quantitative estimate of drug-likeness (QED) is 0.187. The van der Waals surface area contributed by atoms with E-state index in [1.807, 2.05) is 45.0 Å². The minimum Gasteiger partial charge on any atom is -0.465 e. The van der Waals surface area contributed by atoms with Gasteiger partial charge in [0.1, 0.15) is 5.60 Å². The van der Waals surface area contributed by atoms with E-state index >= 15 is 0 Å². The smallest absolute Gasteiger partial charge is 0.409 e. The number of aromatic nitrogens is 2. The van der Waals surface area contributed by atoms with E-state index in [1.165, 1.54) is 0 Å². The van der Waals surface area contributed by atoms with Crippen LogP contribution in [0.4, 0.5) is 32.3 Å². The summed E-state index contributed by atoms with van der Waals surface area (Å²) in [6.07, 6.45) is 1.09. The molecule has 2 aliphatic heterocycles. The van der Waals surface area contributed by atoms with Crippen molar-refractivity contribution in [3.8, 4) is 0 Å². The zero-order valence-electron chi connectivity index (χ0n) is 32.7. The molecule has 5 rings (SSSR count). The van der Waals surface area contributed by atoms with Gasteiger partial charge in [0.2, 0.25) is 0 Å². The number of pyridine rings is 2. The highest BCUT2D eigenvalue weighted by Gasteiger charge is 2.45. The van der Waals surface area contributed by atoms with Crippen LogP contribution in [0.3, 0.4) is 0 Å². The minimum absolute atomic E-state index is 0.0162. The number of carbonyl (C=O) groups excluding carboxylic acids is 2. The summed E-state index contributed by atoms with van der Waals surface area (Å²) in [7, 11) is -0.137. The second-order valence-corrected chi connectivity index (χ2v) is 21.6. The third-order valence-corrected chi connectivity index (χ3v) is 14.8. The lowest BCUT2D eigenvalue weighted by molar-refractivity contribution is 0.0336. The summed E-state index contributed by atoms with van der Waals surface area (Å²) in [5.74, 6) is -0.611. The Morgan fingerprint density at radius 2 is 1.62 bits per heavy atom. The van der Waals surface area contributed by atoms with E-state index in [9.17, 15) is 19.5 Å². The van der Waals surface area contributed by atoms with Gasteiger partial charge in [0.15, 0.2) is 14.0 Å². The Labute approximate surface area is 313 Å². The summed E-state index contributed by atoms with van der Waals surface area (Å²) in [5.41, 5.74) is 1.99. The summed E-state index contributed by atoms with van der Waals surface area (Å²) in [4.78, 5) is 54.7. The molecular weight excluding hydrogens is 693 g/mol. The predicted octanol–water partition coefficient (Wildman–Crippen LogP) is 6.46. The number of carboxylic acid groups (broad SMARTS) is 1. The lowest BCUT2D eigenvalue weighted by Crippen LogP contribution is -2.63. The number of nitrogens with zero attached hydrogens (tertiary/aromatic N) is 5. The van der Waals surface area contributed by atoms with Gasteiger partial charge in [-0.3, -0.25) is 15.1 Å². The van der Waals surface area contributed by atoms with Crippen molar-refractivity contribution in [2.45, 2.75) is 84.3 Å². The number of alkyl carbamates (subject to hydrolysis) is 1. The number of piperazine rings is 1. The summed E-state index contributed by atoms with van der Waals surface area (Å²) < 4.78 is 12.6. The molecule has 53 heavy (non-hydrogen) atoms. The molecule has 2 aliphatic rings. The van der Waals surface area contributed by atoms with Crippen molar-refractivity contribution in [1.29, 1.82) is 0 Å². The second-order valence-electron chi connectivity index (χ2n) is 16.8. The van der Waals surface area contributed by atoms with Gasteiger partial charge in [0.25, 0.3) is 5.91 Å². The number of ether oxygens (including phenoxy) is 1. The van der Waals surface area contributed by atoms with Gasteiger partial charge in [0, 0.05) is 62.5 Å². The van der Waals surface area contributed by atoms with Gasteiger partial charge in [-0.15, -0.1) is 0 Å². The van der Waals surface area contributed by atoms with Crippen molar-refractivity contribution in [3.05, 3.63) is 48.4 Å². The first kappa shape index (κ1) is 39.7. The van der Waals surface area contributed by atoms with E-state index < -0.39 is 38.1 Å². The van der Waals surface area contributed by atoms with Crippen LogP contribution >= 0.6 is 0 Å². The van der Waals surface area contributed by atoms with Gasteiger partial charge >= 0.3 is 12.2 Å². The fourth-order valence-electron chi connectivity index (χ4n) is 6.50. The van der Waals surface area contributed by atoms with Crippen LogP contribution in [0, 0.1) is 5.92 Å². The van der Waals surface area contributed by atoms with E-state index in [4.69, 9.17) is 14.1 Å². The third-order valence-electron chi connectivity index (χ3n) is 10.3. The van der Waals surface area contributed by atoms with E-state index in [1.54, 1.807) is 18.5 Å². The Kier molecular flexibility index (Phi) is 11.6. The van der Waals surface area contributed by atoms with Crippen molar-refractivity contribution in [3.63, 3.8) is 0 Å². The summed E-state index contributed by atoms with van der Waals surface area (Å²) in [6, 6.07) is 8.84. The molecular formula is C38H56N8O6Si. The average Bonchev–Trinajstić information content (AvgIpc) is 3.04. The summed E-state index contributed by atoms with van der Waals surface area (Å²) in [5, 5.41) is 18.7. The maximum Gasteiger partial charge on any atom is 0.409 e. The van der Waals surface area contributed by atoms with Crippen LogP contribution in [0.2, 0.25) is 18.1 Å². The van der Waals surface area contributed by atoms with Gasteiger partial charge < -0.3 is 39.6 Å². The molecule has 2 saturated heterocycles. The first-order valence-corrected chi connectivity index (χ1v) is 21.2. The number of likely N-dealkylation sites (N-methyl/N-ethyl adjacent to an activating group) is 1. The molecule has 0 saturated carbocycles. The number of benzene rings is 1. The minimum atomic E-state index is -2.24. The van der Waals surface area contributed by atoms with Crippen LogP contribution in [0.5, 0.6) is 0 Å². The van der Waals surface area contributed by atoms with Crippen LogP contribution in [0.25, 0.3) is 10.9 Å². The zero-order valence-corrected chi connectivity index (χ0v) is 33.7. The van der Waals surface area contributed by atoms with Crippen LogP contribution in [-0.2, 0) is 9.16 Å². The molecule has 4 heterocycles. The molecule has 0 aliphatic carbocycles. The van der Waals surface area contributed by atoms with Gasteiger partial charge in [-0.1, -0.05) is 33.8 Å². The van der Waals surface area contributed by atoms with Crippen molar-refractivity contribution >= 4 is 60.1 Å². The van der Waals surface area contributed by atoms with Crippen LogP contribution in [0.15, 0.2) is 42.7 Å². The SMILES string of the molecule is C[C@H]1CN(c2ccncc2NC(=O)c2nc3cc(N4CCN(C)CC4)ccc3cc2NC(=O)O)C[C@@H](NC(=O)OC(C)(C)C)[C@@H]1O[Si](C)(C)C(C)(C)C. The normalized spacial score (nSPS) is 20.2. The molecule has 0 bridgehead atoms. The van der Waals surface area contributed by atoms with Crippen molar-refractivity contribution in [2.75, 3.05) is 66.7 Å². The van der Waals surface area contributed by atoms with Crippen molar-refractivity contribution in [2.24, 2.45) is 5.92 Å². The van der Waals surface area contributed by atoms with Gasteiger partial charge in [-0.25, -0.2) is 14.6 Å². The maximum atomic E-state index is 14.1. The van der Waals surface area contributed by atoms with Gasteiger partial charge in [-0.2, -0.15) is 0 Å². The molecule has 0 unspecified atom stereocenters. The molecule has 3 atom stereocenters. The molecule has 0 spiro atoms. The highest BCUT2D eigenvalue weighted by Crippen LogP contribution is 2.40. The highest BCUT2D eigenvalue weighted by molar-refractivity contribution is 6.74. The lowest BCUT2D eigenvalue weighted by Gasteiger charge is -2.48. The number of amides is 3. The van der Waals surface area contributed by atoms with E-state index in [-0.39, 0.29) is 28.4 Å². The monoisotopic (exact) mass is 748 g/mol. The number of hydrogen-bond donors (Lipinski definition) is 4. The fraction of sp³-hybridized carbons (Fsp3) is 0.553. The average molecular weight is 749 g/mol. The maximum absolute atomic E-state index is 14.1. The first-order valence-electron chi connectivity index (χ1n) is 18.3. The summed E-state index contributed by atoms with van der Waals surface area (Å²) in [6.45, 7) is 23.1. The Morgan fingerprint density at radius 3 is 2.26 bits per heavy atom. The van der Waals surface area contributed by atoms with Crippen LogP contribution in [-0.4, -0.2) is 110 Å². The number of rotatable bonds is 8. The van der Waals surface area contributed by atoms with Crippen LogP contribution in [0.1, 0.15) is 59.0 Å². The number of hydrogen-bond acceptors (Lipinski definition) is 10. The largest absolute Gasteiger partial charge is 0.465 e. The molecule has 14 nitrogen and oxygen atoms in total. The number of carbonyl (C=O) groups is 3. The third kappa shape index (κ3) is 9.75. The standard InChI is InChI=1S/C38H56N8O6Si/c1-24-22-46(23-30(43-36(50)51-37(2,3)4)33(24)52-53(9,10)38(5,6)7)31-13-14-39-21-29(31)41-34(47)32-28(42-35(48)49)19-25-11-12-26(20-27(25)40-32)45-17-15-44(8)16-18-45/h11-14,19-21,24,30,33,42H,15-18,22-23H2,1-10H3,(H,41,47)(H,43,50)(H,48,49)/t24-,30+,33+/m0/s1. The molecule has 1 aromatic carbocycles. The highest BCUT2D eigenvalue weighted by atomic mass is 28.4. The fourth-order valence-corrected chi connectivity index (χ4v) is 7.93. The number of nitrogens with one attached hydrogen (secondary N) is 3. The van der Waals surface area contributed by atoms with Gasteiger partial charge in [-0.05, 0) is 70.2 Å². The second kappa shape index (κ2) is 15.5. The first-order chi connectivity index (χ1) is 24.7. The topological polar surface area (TPSA) is 161 Å². The van der Waals surface area contributed by atoms with E-state index in [2.05, 4.69) is 83.5 Å². The summed E-state index contributed by atoms with van der Waals surface area (Å²) >= 11 is 0. The van der Waals surface area contributed by atoms with Crippen molar-refractivity contribution in [1.82, 2.24) is 20.2 Å². The molecule has 2 aromatic heterocycles. The molecule has 3 aromatic rings. The Hall–Kier alpha value is -4.47. The lowest BCUT2D eigenvalue weighted by atomic mass is 9.92. The Bertz CT molecular complexity index is 1820. The Morgan fingerprint density at radius 1 is 0.925 bits per heavy atom. The molecule has 4 N–H and O–H groups in total.